The number of carboxylic acid groups (broad SMARTS) is 6. The Morgan fingerprint density at radius 3 is 1.12 bits per heavy atom. The number of carboxylic acids is 6. The summed E-state index contributed by atoms with van der Waals surface area (Å²) < 4.78 is 115. The first-order valence-corrected chi connectivity index (χ1v) is 59.5. The van der Waals surface area contributed by atoms with Gasteiger partial charge in [-0.2, -0.15) is 0 Å². The SMILES string of the molecule is C=CC1=C(C)C2=NC1=Cc1c(C)c(C=C)c3[n]1[Sn]([F])([F])[n]1c(c(C)c(CCC(=O)O)c1=CC1=NC(=C3)C(C)=C1CCC(=O)O)=C2.CC1=C(CCC(=O)O)C2=NC1=Cc1c(C(C)O)c(C)c3[n]1[Sn]([F])([F])[n]1c(c(C)c(CCC(=O)O)c1=C2)=CC1=NC(=C3)C(C(C)O)=C1C.CCC1=C(C)C2=Cc3c(C)c(CCC(=O)O)c4[n]3[Sn]([F])([F])[n]3c(c(C)c(CC)c3=CC3=NC(=C4)C(CCC(=O)O)=C3C)=CC1=N2. The van der Waals surface area contributed by atoms with Crippen LogP contribution in [0.2, 0.25) is 0 Å². The van der Waals surface area contributed by atoms with Crippen molar-refractivity contribution in [3.05, 3.63) is 253 Å². The van der Waals surface area contributed by atoms with Crippen LogP contribution >= 0.6 is 0 Å². The van der Waals surface area contributed by atoms with Crippen molar-refractivity contribution in [3.63, 3.8) is 0 Å². The number of carbonyl (C=O) groups is 6. The third-order valence-electron chi connectivity index (χ3n) is 28.1. The molecule has 18 heterocycles. The Morgan fingerprint density at radius 1 is 0.321 bits per heavy atom. The zero-order valence-electron chi connectivity index (χ0n) is 78.7. The van der Waals surface area contributed by atoms with Crippen molar-refractivity contribution < 1.29 is 86.8 Å². The molecule has 8 N–H and O–H groups in total. The van der Waals surface area contributed by atoms with Gasteiger partial charge < -0.3 is 0 Å². The van der Waals surface area contributed by atoms with Gasteiger partial charge in [-0.25, -0.2) is 0 Å². The number of aliphatic imine (C=N–C) groups is 6. The molecule has 12 aliphatic heterocycles. The van der Waals surface area contributed by atoms with E-state index >= 15 is 17.2 Å². The Bertz CT molecular complexity index is 7700. The van der Waals surface area contributed by atoms with Crippen molar-refractivity contribution in [2.45, 2.75) is 213 Å². The quantitative estimate of drug-likeness (QED) is 0.0206. The number of hydrogen-bond acceptors (Lipinski definition) is 14. The van der Waals surface area contributed by atoms with Crippen LogP contribution < -0.4 is 32.1 Å². The van der Waals surface area contributed by atoms with Crippen molar-refractivity contribution in [2.24, 2.45) is 30.0 Å². The molecule has 2 atom stereocenters. The number of fused-ring (bicyclic) bond motifs is 6. The number of nitrogens with zero attached hydrogens (tertiary/aromatic N) is 12. The summed E-state index contributed by atoms with van der Waals surface area (Å²) >= 11 is -20.5. The first-order valence-electron chi connectivity index (χ1n) is 45.3. The van der Waals surface area contributed by atoms with Crippen molar-refractivity contribution in [2.75, 3.05) is 0 Å². The predicted octanol–water partition coefficient (Wildman–Crippen LogP) is 14.4. The van der Waals surface area contributed by atoms with Crippen LogP contribution in [0.4, 0.5) is 17.2 Å². The molecule has 12 aliphatic rings. The summed E-state index contributed by atoms with van der Waals surface area (Å²) in [6, 6.07) is 0. The molecule has 0 aromatic carbocycles. The van der Waals surface area contributed by atoms with Crippen LogP contribution in [0.25, 0.3) is 79.0 Å². The van der Waals surface area contributed by atoms with Gasteiger partial charge in [0.15, 0.2) is 0 Å². The monoisotopic (exact) mass is 2190 g/mol. The molecule has 35 heteroatoms. The summed E-state index contributed by atoms with van der Waals surface area (Å²) in [4.78, 5) is 99.4. The molecule has 18 bridgehead atoms. The van der Waals surface area contributed by atoms with Gasteiger partial charge in [0.1, 0.15) is 0 Å². The molecule has 18 rings (SSSR count). The molecule has 0 aliphatic carbocycles. The third-order valence-corrected chi connectivity index (χ3v) is 45.6. The van der Waals surface area contributed by atoms with Gasteiger partial charge in [0.25, 0.3) is 0 Å². The molecule has 0 fully saturated rings. The van der Waals surface area contributed by atoms with Gasteiger partial charge in [0.2, 0.25) is 0 Å². The van der Waals surface area contributed by atoms with E-state index in [0.29, 0.717) is 198 Å². The van der Waals surface area contributed by atoms with E-state index in [1.54, 1.807) is 134 Å². The fourth-order valence-corrected chi connectivity index (χ4v) is 40.1. The molecular weight excluding hydrogens is 2090 g/mol. The number of hydrogen-bond donors (Lipinski definition) is 8. The predicted molar refractivity (Wildman–Crippen MR) is 525 cm³/mol. The Hall–Kier alpha value is -12.0. The van der Waals surface area contributed by atoms with Crippen LogP contribution in [0.5, 0.6) is 0 Å². The van der Waals surface area contributed by atoms with E-state index in [-0.39, 0.29) is 121 Å². The Labute approximate surface area is 802 Å². The molecule has 6 aromatic heterocycles. The van der Waals surface area contributed by atoms with E-state index in [4.69, 9.17) is 30.0 Å². The molecule has 0 saturated carbocycles. The number of aromatic nitrogens is 6. The molecule has 0 spiro atoms. The van der Waals surface area contributed by atoms with Crippen LogP contribution in [0.3, 0.4) is 0 Å². The molecule has 0 amide bonds. The van der Waals surface area contributed by atoms with Gasteiger partial charge in [-0.3, -0.25) is 0 Å². The second kappa shape index (κ2) is 36.7. The fourth-order valence-electron chi connectivity index (χ4n) is 21.1. The third kappa shape index (κ3) is 16.5. The van der Waals surface area contributed by atoms with Gasteiger partial charge in [-0.1, -0.05) is 0 Å². The van der Waals surface area contributed by atoms with Crippen molar-refractivity contribution in [1.82, 2.24) is 16.7 Å². The Morgan fingerprint density at radius 2 is 0.657 bits per heavy atom. The Balaban J connectivity index is 0.000000149. The minimum atomic E-state index is -6.96. The van der Waals surface area contributed by atoms with Crippen LogP contribution in [0, 0.1) is 41.5 Å². The zero-order chi connectivity index (χ0) is 99.3. The van der Waals surface area contributed by atoms with Gasteiger partial charge in [0.05, 0.1) is 0 Å². The summed E-state index contributed by atoms with van der Waals surface area (Å²) in [6.45, 7) is 36.8. The number of aliphatic carboxylic acids is 6. The zero-order valence-corrected chi connectivity index (χ0v) is 87.3. The maximum absolute atomic E-state index is 18.0. The number of halogens is 6. The molecule has 0 radical (unpaired) electrons. The molecule has 710 valence electrons. The average molecular weight is 2190 g/mol. The van der Waals surface area contributed by atoms with E-state index in [1.165, 1.54) is 15.3 Å². The second-order valence-corrected chi connectivity index (χ2v) is 52.4. The van der Waals surface area contributed by atoms with E-state index in [0.717, 1.165) is 47.4 Å². The van der Waals surface area contributed by atoms with Crippen LogP contribution in [-0.2, 0) is 54.5 Å². The van der Waals surface area contributed by atoms with E-state index < -0.39 is 108 Å². The topological polar surface area (TPSA) is 368 Å². The number of aliphatic hydroxyl groups excluding tert-OH is 2. The maximum atomic E-state index is 18.0. The van der Waals surface area contributed by atoms with Gasteiger partial charge in [0, 0.05) is 0 Å². The molecule has 137 heavy (non-hydrogen) atoms. The molecule has 26 nitrogen and oxygen atoms in total. The molecule has 2 unspecified atom stereocenters. The van der Waals surface area contributed by atoms with Crippen molar-refractivity contribution in [3.8, 4) is 0 Å². The van der Waals surface area contributed by atoms with Gasteiger partial charge in [-0.15, -0.1) is 0 Å². The second-order valence-electron chi connectivity index (χ2n) is 36.0. The first-order chi connectivity index (χ1) is 64.6. The van der Waals surface area contributed by atoms with Gasteiger partial charge in [-0.05, 0) is 0 Å². The summed E-state index contributed by atoms with van der Waals surface area (Å²) in [5.74, 6) is -6.10. The summed E-state index contributed by atoms with van der Waals surface area (Å²) in [5.41, 5.74) is 22.3. The Kier molecular flexibility index (Phi) is 26.3. The number of allylic oxidation sites excluding steroid dienone is 11. The fraction of sp³-hybridized carbons (Fsp3) is 0.314. The standard InChI is InChI=1S/C34H38N4O6.C34H38N4O4.C34H34N4O4.6FH.3Sn/c1-15-21(7-9-31(41)42)27-14-28-22(8-10-32(43)44)16(2)24(36-28)12-29-34(20(6)40)18(4)26(38-29)13-30-33(19(5)39)17(3)25(37-30)11-23(15)35-27;2*1-7-21-17(3)25-13-26-19(5)23(9-11-33(39)40)31(37-26)16-32-24(10-12-34(41)42)20(6)28(38-32)15-30-22(8-2)18(4)27(36-30)14-29(21)35-25;;;;;;;;;/h11-14,19-20,39-40H,7-10H2,1-6H3,(H4,35,36,37,38,41,42,43,44);13-16H,7-12H2,1-6H3,(H4,35,36,37,38,39,40,41,42);7-8,13-16H,1-2,9-12H2,3-6H3,(H4,35,36,37,38,39,40,41,42);6*1H;;;/q;;;;;;;;;3*+4/p-12. The van der Waals surface area contributed by atoms with Crippen molar-refractivity contribution >= 4 is 209 Å². The molecule has 0 saturated heterocycles. The molecule has 6 aromatic rings. The average Bonchev–Trinajstić information content (AvgIpc) is 1.55. The van der Waals surface area contributed by atoms with Crippen LogP contribution in [0.1, 0.15) is 240 Å². The van der Waals surface area contributed by atoms with Crippen LogP contribution in [0.15, 0.2) is 150 Å². The summed E-state index contributed by atoms with van der Waals surface area (Å²) in [7, 11) is 0. The van der Waals surface area contributed by atoms with E-state index in [2.05, 4.69) is 13.2 Å². The van der Waals surface area contributed by atoms with Gasteiger partial charge >= 0.3 is 809 Å². The summed E-state index contributed by atoms with van der Waals surface area (Å²) in [6.07, 6.45) is 21.5. The number of rotatable bonds is 24. The van der Waals surface area contributed by atoms with Crippen LogP contribution in [-0.4, -0.2) is 194 Å². The normalized spacial score (nSPS) is 18.1. The van der Waals surface area contributed by atoms with E-state index in [9.17, 15) is 69.6 Å². The van der Waals surface area contributed by atoms with E-state index in [1.807, 2.05) is 54.5 Å². The van der Waals surface area contributed by atoms with Crippen molar-refractivity contribution in [1.29, 1.82) is 0 Å². The minimum absolute atomic E-state index is 0.0248. The summed E-state index contributed by atoms with van der Waals surface area (Å²) in [5, 5.41) is 80.9. The first kappa shape index (κ1) is 98.1. The molecular formula is C102H104F6N12O14Sn3. The number of aliphatic hydroxyl groups is 2.